The van der Waals surface area contributed by atoms with Crippen molar-refractivity contribution in [3.63, 3.8) is 0 Å². The molecule has 0 aromatic rings. The zero-order chi connectivity index (χ0) is 5.98. The molecule has 1 aliphatic heterocycles. The maximum absolute atomic E-state index is 4.93. The Labute approximate surface area is 54.5 Å². The predicted molar refractivity (Wildman–Crippen MR) is 33.8 cm³/mol. The summed E-state index contributed by atoms with van der Waals surface area (Å²) in [6.07, 6.45) is 6.27. The monoisotopic (exact) mass is 146 g/mol. The fourth-order valence-corrected chi connectivity index (χ4v) is 1.03. The summed E-state index contributed by atoms with van der Waals surface area (Å²) in [7, 11) is -0.855. The Bertz CT molecular complexity index is 189. The Balaban J connectivity index is 2.66. The second kappa shape index (κ2) is 2.16. The molecule has 0 saturated heterocycles. The van der Waals surface area contributed by atoms with E-state index in [0.29, 0.717) is 5.76 Å². The van der Waals surface area contributed by atoms with Crippen LogP contribution in [-0.2, 0) is 29.6 Å². The summed E-state index contributed by atoms with van der Waals surface area (Å²) in [4.78, 5) is 0. The molecule has 0 saturated carbocycles. The van der Waals surface area contributed by atoms with Crippen molar-refractivity contribution >= 4 is 21.2 Å². The first-order valence-electron chi connectivity index (χ1n) is 1.77. The van der Waals surface area contributed by atoms with Crippen molar-refractivity contribution in [2.75, 3.05) is 0 Å². The van der Waals surface area contributed by atoms with Crippen molar-refractivity contribution in [1.82, 2.24) is 0 Å². The highest BCUT2D eigenvalue weighted by Gasteiger charge is 2.07. The van der Waals surface area contributed by atoms with E-state index in [0.717, 1.165) is 0 Å². The van der Waals surface area contributed by atoms with Crippen molar-refractivity contribution in [2.45, 2.75) is 0 Å². The third kappa shape index (κ3) is 0.997. The fraction of sp³-hybridized carbons (Fsp3) is 0. The molecular formula is C4H2O2S2. The average Bonchev–Trinajstić information content (AvgIpc) is 2.14. The quantitative estimate of drug-likeness (QED) is 0.461. The minimum Gasteiger partial charge on any atom is -0.395 e. The van der Waals surface area contributed by atoms with E-state index in [1.165, 1.54) is 6.26 Å². The number of hydrogen-bond donors (Lipinski definition) is 0. The van der Waals surface area contributed by atoms with Gasteiger partial charge in [-0.05, 0) is 5.92 Å². The van der Waals surface area contributed by atoms with Crippen LogP contribution in [0, 0.1) is 12.3 Å². The van der Waals surface area contributed by atoms with Crippen LogP contribution in [0.25, 0.3) is 0 Å². The van der Waals surface area contributed by atoms with Gasteiger partial charge in [0.15, 0.2) is 6.26 Å². The zero-order valence-electron chi connectivity index (χ0n) is 3.79. The molecule has 1 atom stereocenters. The molecule has 0 aromatic heterocycles. The summed E-state index contributed by atoms with van der Waals surface area (Å²) in [6.45, 7) is 0. The zero-order valence-corrected chi connectivity index (χ0v) is 5.42. The molecule has 0 spiro atoms. The van der Waals surface area contributed by atoms with Crippen molar-refractivity contribution in [1.29, 1.82) is 0 Å². The van der Waals surface area contributed by atoms with Crippen LogP contribution in [0.3, 0.4) is 0 Å². The van der Waals surface area contributed by atoms with Gasteiger partial charge in [-0.1, -0.05) is 0 Å². The highest BCUT2D eigenvalue weighted by Crippen LogP contribution is 2.09. The molecule has 42 valence electrons. The van der Waals surface area contributed by atoms with Crippen molar-refractivity contribution in [3.05, 3.63) is 12.0 Å². The Kier molecular flexibility index (Phi) is 1.51. The van der Waals surface area contributed by atoms with Crippen LogP contribution in [0.4, 0.5) is 0 Å². The lowest BCUT2D eigenvalue weighted by atomic mass is 10.6. The number of terminal acetylenes is 1. The predicted octanol–water partition coefficient (Wildman–Crippen LogP) is 0.418. The van der Waals surface area contributed by atoms with E-state index in [2.05, 4.69) is 21.3 Å². The molecule has 1 rings (SSSR count). The Morgan fingerprint density at radius 2 is 2.62 bits per heavy atom. The van der Waals surface area contributed by atoms with E-state index in [1.807, 2.05) is 0 Å². The van der Waals surface area contributed by atoms with Gasteiger partial charge in [0.25, 0.3) is 10.0 Å². The number of allylic oxidation sites excluding steroid dienone is 1. The lowest BCUT2D eigenvalue weighted by molar-refractivity contribution is 0.506. The first kappa shape index (κ1) is 5.60. The molecule has 4 heteroatoms. The Morgan fingerprint density at radius 3 is 2.88 bits per heavy atom. The van der Waals surface area contributed by atoms with Gasteiger partial charge in [-0.15, -0.1) is 6.42 Å². The SMILES string of the molecule is C#CC1=COS(=S)O1. The summed E-state index contributed by atoms with van der Waals surface area (Å²) in [5, 5.41) is 0. The molecule has 1 heterocycles. The summed E-state index contributed by atoms with van der Waals surface area (Å²) in [5.74, 6) is 2.63. The van der Waals surface area contributed by atoms with Crippen molar-refractivity contribution < 1.29 is 8.37 Å². The lowest BCUT2D eigenvalue weighted by Crippen LogP contribution is -1.82. The molecular weight excluding hydrogens is 144 g/mol. The van der Waals surface area contributed by atoms with Gasteiger partial charge in [-0.3, -0.25) is 0 Å². The van der Waals surface area contributed by atoms with Crippen LogP contribution in [0.5, 0.6) is 0 Å². The third-order valence-electron chi connectivity index (χ3n) is 0.534. The van der Waals surface area contributed by atoms with E-state index in [9.17, 15) is 0 Å². The van der Waals surface area contributed by atoms with Crippen LogP contribution in [0.15, 0.2) is 12.0 Å². The van der Waals surface area contributed by atoms with Gasteiger partial charge in [0.05, 0.1) is 0 Å². The number of hydrogen-bond acceptors (Lipinski definition) is 3. The third-order valence-corrected chi connectivity index (χ3v) is 1.54. The van der Waals surface area contributed by atoms with Gasteiger partial charge in [0.1, 0.15) is 0 Å². The molecule has 0 radical (unpaired) electrons. The van der Waals surface area contributed by atoms with Gasteiger partial charge in [0.2, 0.25) is 5.76 Å². The summed E-state index contributed by atoms with van der Waals surface area (Å²) in [6, 6.07) is 0. The first-order chi connectivity index (χ1) is 3.83. The second-order valence-electron chi connectivity index (χ2n) is 1.01. The fourth-order valence-electron chi connectivity index (χ4n) is 0.254. The first-order valence-corrected chi connectivity index (χ1v) is 3.77. The standard InChI is InChI=1S/C4H2O2S2/c1-2-4-3-5-8(7)6-4/h1,3H. The molecule has 1 aliphatic rings. The molecule has 0 bridgehead atoms. The molecule has 0 N–H and O–H groups in total. The molecule has 0 aliphatic carbocycles. The maximum Gasteiger partial charge on any atom is 0.260 e. The Morgan fingerprint density at radius 1 is 1.88 bits per heavy atom. The van der Waals surface area contributed by atoms with E-state index in [4.69, 9.17) is 10.6 Å². The molecule has 2 nitrogen and oxygen atoms in total. The van der Waals surface area contributed by atoms with E-state index in [1.54, 1.807) is 0 Å². The van der Waals surface area contributed by atoms with Crippen LogP contribution in [-0.4, -0.2) is 0 Å². The summed E-state index contributed by atoms with van der Waals surface area (Å²) in [5.41, 5.74) is 0. The largest absolute Gasteiger partial charge is 0.395 e. The Hall–Kier alpha value is -0.530. The highest BCUT2D eigenvalue weighted by molar-refractivity contribution is 8.23. The van der Waals surface area contributed by atoms with Crippen LogP contribution >= 0.6 is 0 Å². The van der Waals surface area contributed by atoms with E-state index in [-0.39, 0.29) is 0 Å². The average molecular weight is 146 g/mol. The molecule has 1 unspecified atom stereocenters. The van der Waals surface area contributed by atoms with Gasteiger partial charge < -0.3 is 8.37 Å². The molecule has 0 aromatic carbocycles. The van der Waals surface area contributed by atoms with Crippen LogP contribution < -0.4 is 0 Å². The normalized spacial score (nSPS) is 24.9. The van der Waals surface area contributed by atoms with E-state index < -0.39 is 10.0 Å². The lowest BCUT2D eigenvalue weighted by Gasteiger charge is -1.88. The van der Waals surface area contributed by atoms with E-state index >= 15 is 0 Å². The van der Waals surface area contributed by atoms with Crippen molar-refractivity contribution in [2.24, 2.45) is 0 Å². The maximum atomic E-state index is 4.93. The minimum absolute atomic E-state index is 0.378. The topological polar surface area (TPSA) is 18.5 Å². The second-order valence-corrected chi connectivity index (χ2v) is 2.59. The van der Waals surface area contributed by atoms with Crippen LogP contribution in [0.2, 0.25) is 0 Å². The van der Waals surface area contributed by atoms with Crippen molar-refractivity contribution in [3.8, 4) is 12.3 Å². The van der Waals surface area contributed by atoms with Gasteiger partial charge in [-0.25, -0.2) is 0 Å². The summed E-state index contributed by atoms with van der Waals surface area (Å²) >= 11 is 4.58. The van der Waals surface area contributed by atoms with Crippen LogP contribution in [0.1, 0.15) is 0 Å². The smallest absolute Gasteiger partial charge is 0.260 e. The van der Waals surface area contributed by atoms with Gasteiger partial charge in [-0.2, -0.15) is 0 Å². The number of rotatable bonds is 0. The highest BCUT2D eigenvalue weighted by atomic mass is 32.8. The molecule has 0 fully saturated rings. The molecule has 8 heavy (non-hydrogen) atoms. The van der Waals surface area contributed by atoms with Gasteiger partial charge in [0, 0.05) is 11.2 Å². The molecule has 0 amide bonds. The summed E-state index contributed by atoms with van der Waals surface area (Å²) < 4.78 is 9.43. The minimum atomic E-state index is -0.855. The van der Waals surface area contributed by atoms with Gasteiger partial charge >= 0.3 is 0 Å².